The molecule has 0 spiro atoms. The van der Waals surface area contributed by atoms with Crippen molar-refractivity contribution in [3.8, 4) is 0 Å². The second kappa shape index (κ2) is 5.43. The summed E-state index contributed by atoms with van der Waals surface area (Å²) in [5.41, 5.74) is 6.03. The van der Waals surface area contributed by atoms with Crippen LogP contribution >= 0.6 is 0 Å². The SMILES string of the molecule is Cc1ccccc1N1c2cnccc2[N+](C)(c2ccccc2)C1(C)C. The van der Waals surface area contributed by atoms with Gasteiger partial charge in [-0.1, -0.05) is 36.4 Å². The number of quaternary nitrogens is 1. The number of nitrogens with zero attached hydrogens (tertiary/aromatic N) is 3. The van der Waals surface area contributed by atoms with Crippen LogP contribution in [0.1, 0.15) is 19.4 Å². The van der Waals surface area contributed by atoms with E-state index >= 15 is 0 Å². The molecule has 0 fully saturated rings. The topological polar surface area (TPSA) is 16.1 Å². The third-order valence-corrected chi connectivity index (χ3v) is 5.77. The van der Waals surface area contributed by atoms with E-state index in [0.717, 1.165) is 0 Å². The molecule has 1 aliphatic heterocycles. The van der Waals surface area contributed by atoms with Crippen molar-refractivity contribution in [2.75, 3.05) is 11.9 Å². The normalized spacial score (nSPS) is 21.2. The Bertz CT molecular complexity index is 917. The number of aryl methyl sites for hydroxylation is 1. The standard InChI is InChI=1S/C22H24N3/c1-17-10-8-9-13-19(17)24-20-16-23-15-14-21(20)25(4,22(24,2)3)18-11-6-5-7-12-18/h5-16H,1-4H3/q+1. The summed E-state index contributed by atoms with van der Waals surface area (Å²) in [6.45, 7) is 6.80. The molecule has 1 aliphatic rings. The Balaban J connectivity index is 2.02. The van der Waals surface area contributed by atoms with Crippen LogP contribution in [-0.2, 0) is 0 Å². The van der Waals surface area contributed by atoms with Crippen LogP contribution in [0.3, 0.4) is 0 Å². The maximum absolute atomic E-state index is 4.43. The summed E-state index contributed by atoms with van der Waals surface area (Å²) in [6, 6.07) is 21.5. The van der Waals surface area contributed by atoms with Crippen molar-refractivity contribution >= 4 is 22.7 Å². The number of pyridine rings is 1. The molecule has 3 aromatic rings. The smallest absolute Gasteiger partial charge is 0.182 e. The summed E-state index contributed by atoms with van der Waals surface area (Å²) < 4.78 is 0.708. The minimum absolute atomic E-state index is 0.196. The Morgan fingerprint density at radius 3 is 2.28 bits per heavy atom. The molecule has 0 saturated heterocycles. The zero-order valence-corrected chi connectivity index (χ0v) is 15.3. The van der Waals surface area contributed by atoms with Crippen molar-refractivity contribution in [3.63, 3.8) is 0 Å². The van der Waals surface area contributed by atoms with Gasteiger partial charge in [0.15, 0.2) is 11.4 Å². The van der Waals surface area contributed by atoms with Crippen LogP contribution in [0.15, 0.2) is 73.1 Å². The third kappa shape index (κ3) is 2.06. The van der Waals surface area contributed by atoms with E-state index in [1.807, 2.05) is 12.4 Å². The first-order valence-electron chi connectivity index (χ1n) is 8.70. The monoisotopic (exact) mass is 330 g/mol. The molecule has 2 aromatic carbocycles. The second-order valence-corrected chi connectivity index (χ2v) is 7.32. The van der Waals surface area contributed by atoms with Gasteiger partial charge in [-0.05, 0) is 30.7 Å². The number of hydrogen-bond donors (Lipinski definition) is 0. The predicted molar refractivity (Wildman–Crippen MR) is 105 cm³/mol. The van der Waals surface area contributed by atoms with Crippen LogP contribution in [0.5, 0.6) is 0 Å². The summed E-state index contributed by atoms with van der Waals surface area (Å²) >= 11 is 0. The van der Waals surface area contributed by atoms with Gasteiger partial charge in [0.05, 0.1) is 18.9 Å². The third-order valence-electron chi connectivity index (χ3n) is 5.77. The van der Waals surface area contributed by atoms with E-state index in [4.69, 9.17) is 0 Å². The van der Waals surface area contributed by atoms with Crippen molar-refractivity contribution in [2.45, 2.75) is 26.4 Å². The highest BCUT2D eigenvalue weighted by molar-refractivity contribution is 5.86. The van der Waals surface area contributed by atoms with E-state index in [1.54, 1.807) is 0 Å². The summed E-state index contributed by atoms with van der Waals surface area (Å²) in [5.74, 6) is 0. The molecule has 3 heteroatoms. The molecule has 1 unspecified atom stereocenters. The fourth-order valence-electron chi connectivity index (χ4n) is 4.14. The van der Waals surface area contributed by atoms with Crippen LogP contribution in [0.4, 0.5) is 22.7 Å². The van der Waals surface area contributed by atoms with E-state index < -0.39 is 0 Å². The van der Waals surface area contributed by atoms with E-state index in [0.29, 0.717) is 4.48 Å². The molecule has 2 heterocycles. The molecular formula is C22H24N3+. The Labute approximate surface area is 149 Å². The number of fused-ring (bicyclic) bond motifs is 1. The summed E-state index contributed by atoms with van der Waals surface area (Å²) in [4.78, 5) is 6.88. The lowest BCUT2D eigenvalue weighted by molar-refractivity contribution is 0.263. The van der Waals surface area contributed by atoms with Crippen molar-refractivity contribution in [1.29, 1.82) is 0 Å². The summed E-state index contributed by atoms with van der Waals surface area (Å²) in [6.07, 6.45) is 3.89. The van der Waals surface area contributed by atoms with Crippen molar-refractivity contribution in [2.24, 2.45) is 0 Å². The van der Waals surface area contributed by atoms with Gasteiger partial charge in [0.25, 0.3) is 0 Å². The number of rotatable bonds is 2. The number of aromatic nitrogens is 1. The number of benzene rings is 2. The highest BCUT2D eigenvalue weighted by Crippen LogP contribution is 2.56. The molecule has 0 N–H and O–H groups in total. The molecule has 126 valence electrons. The van der Waals surface area contributed by atoms with Gasteiger partial charge in [0, 0.05) is 26.1 Å². The Kier molecular flexibility index (Phi) is 3.44. The lowest BCUT2D eigenvalue weighted by atomic mass is 10.1. The van der Waals surface area contributed by atoms with E-state index in [2.05, 4.69) is 98.4 Å². The van der Waals surface area contributed by atoms with Crippen LogP contribution in [0.2, 0.25) is 0 Å². The Hall–Kier alpha value is -2.65. The first-order valence-corrected chi connectivity index (χ1v) is 8.70. The first kappa shape index (κ1) is 15.9. The lowest BCUT2D eigenvalue weighted by Gasteiger charge is -2.45. The Morgan fingerprint density at radius 2 is 1.56 bits per heavy atom. The average molecular weight is 330 g/mol. The first-order chi connectivity index (χ1) is 12.0. The highest BCUT2D eigenvalue weighted by Gasteiger charge is 2.57. The maximum Gasteiger partial charge on any atom is 0.182 e. The van der Waals surface area contributed by atoms with Gasteiger partial charge in [-0.15, -0.1) is 0 Å². The number of para-hydroxylation sites is 2. The van der Waals surface area contributed by atoms with Gasteiger partial charge in [-0.25, -0.2) is 4.48 Å². The van der Waals surface area contributed by atoms with Crippen LogP contribution in [0.25, 0.3) is 0 Å². The highest BCUT2D eigenvalue weighted by atomic mass is 15.6. The zero-order valence-electron chi connectivity index (χ0n) is 15.3. The molecule has 3 nitrogen and oxygen atoms in total. The largest absolute Gasteiger partial charge is 0.282 e. The number of anilines is 2. The lowest BCUT2D eigenvalue weighted by Crippen LogP contribution is -2.60. The molecular weight excluding hydrogens is 306 g/mol. The number of hydrogen-bond acceptors (Lipinski definition) is 2. The zero-order chi connectivity index (χ0) is 17.7. The average Bonchev–Trinajstić information content (AvgIpc) is 2.81. The van der Waals surface area contributed by atoms with Gasteiger partial charge in [-0.3, -0.25) is 9.88 Å². The molecule has 1 aromatic heterocycles. The molecule has 0 amide bonds. The van der Waals surface area contributed by atoms with Gasteiger partial charge in [-0.2, -0.15) is 0 Å². The van der Waals surface area contributed by atoms with Gasteiger partial charge < -0.3 is 0 Å². The van der Waals surface area contributed by atoms with Gasteiger partial charge in [0.2, 0.25) is 0 Å². The molecule has 0 saturated carbocycles. The van der Waals surface area contributed by atoms with Crippen molar-refractivity contribution in [1.82, 2.24) is 9.47 Å². The fraction of sp³-hybridized carbons (Fsp3) is 0.227. The molecule has 0 radical (unpaired) electrons. The minimum atomic E-state index is -0.196. The van der Waals surface area contributed by atoms with Crippen molar-refractivity contribution < 1.29 is 0 Å². The molecule has 0 aliphatic carbocycles. The molecule has 0 bridgehead atoms. The van der Waals surface area contributed by atoms with Crippen LogP contribution in [-0.4, -0.2) is 17.7 Å². The van der Waals surface area contributed by atoms with Gasteiger partial charge >= 0.3 is 0 Å². The van der Waals surface area contributed by atoms with Gasteiger partial charge in [0.1, 0.15) is 11.4 Å². The summed E-state index contributed by atoms with van der Waals surface area (Å²) in [5, 5.41) is 0. The fourth-order valence-corrected chi connectivity index (χ4v) is 4.14. The molecule has 25 heavy (non-hydrogen) atoms. The van der Waals surface area contributed by atoms with E-state index in [1.165, 1.54) is 28.3 Å². The molecule has 1 atom stereocenters. The quantitative estimate of drug-likeness (QED) is 0.573. The predicted octanol–water partition coefficient (Wildman–Crippen LogP) is 5.55. The second-order valence-electron chi connectivity index (χ2n) is 7.32. The van der Waals surface area contributed by atoms with E-state index in [9.17, 15) is 0 Å². The maximum atomic E-state index is 4.43. The Morgan fingerprint density at radius 1 is 0.880 bits per heavy atom. The summed E-state index contributed by atoms with van der Waals surface area (Å²) in [7, 11) is 2.30. The van der Waals surface area contributed by atoms with Crippen LogP contribution in [0, 0.1) is 6.92 Å². The molecule has 4 rings (SSSR count). The van der Waals surface area contributed by atoms with Crippen LogP contribution < -0.4 is 9.38 Å². The van der Waals surface area contributed by atoms with E-state index in [-0.39, 0.29) is 5.66 Å². The minimum Gasteiger partial charge on any atom is -0.282 e. The van der Waals surface area contributed by atoms with Crippen molar-refractivity contribution in [3.05, 3.63) is 78.6 Å².